The van der Waals surface area contributed by atoms with Gasteiger partial charge in [0.2, 0.25) is 70.9 Å². The third-order valence-electron chi connectivity index (χ3n) is 16.3. The van der Waals surface area contributed by atoms with Crippen molar-refractivity contribution in [3.63, 3.8) is 0 Å². The molecule has 2 aromatic carbocycles. The van der Waals surface area contributed by atoms with Crippen molar-refractivity contribution < 1.29 is 57.5 Å². The van der Waals surface area contributed by atoms with E-state index in [2.05, 4.69) is 62.8 Å². The Morgan fingerprint density at radius 3 is 1.20 bits per heavy atom. The van der Waals surface area contributed by atoms with Crippen LogP contribution in [0, 0.1) is 5.92 Å². The summed E-state index contributed by atoms with van der Waals surface area (Å²) < 4.78 is 0. The second kappa shape index (κ2) is 46.3. The highest BCUT2D eigenvalue weighted by molar-refractivity contribution is 6.00. The highest BCUT2D eigenvalue weighted by Crippen LogP contribution is 2.21. The zero-order chi connectivity index (χ0) is 74.1. The number of para-hydroxylation sites is 1. The van der Waals surface area contributed by atoms with Gasteiger partial charge in [0.25, 0.3) is 0 Å². The van der Waals surface area contributed by atoms with Crippen molar-refractivity contribution in [2.75, 3.05) is 32.7 Å². The summed E-state index contributed by atoms with van der Waals surface area (Å²) in [5.74, 6) is -11.5. The number of nitrogens with two attached hydrogens (primary N) is 10. The van der Waals surface area contributed by atoms with E-state index >= 15 is 0 Å². The zero-order valence-electron chi connectivity index (χ0n) is 57.5. The molecule has 30 N–H and O–H groups in total. The number of carbonyl (C=O) groups excluding carboxylic acids is 12. The highest BCUT2D eigenvalue weighted by atomic mass is 16.2. The minimum absolute atomic E-state index is 0.00191. The van der Waals surface area contributed by atoms with E-state index in [1.807, 2.05) is 43.3 Å². The Morgan fingerprint density at radius 1 is 0.400 bits per heavy atom. The van der Waals surface area contributed by atoms with Gasteiger partial charge in [-0.25, -0.2) is 0 Å². The Labute approximate surface area is 582 Å². The minimum atomic E-state index is -1.78. The Bertz CT molecular complexity index is 3200. The number of carbonyl (C=O) groups is 12. The Hall–Kier alpha value is -9.96. The molecule has 0 aliphatic rings. The van der Waals surface area contributed by atoms with Crippen LogP contribution in [0.25, 0.3) is 10.9 Å². The fraction of sp³-hybridized carbons (Fsp3) is 0.576. The number of hydrogen-bond acceptors (Lipinski definition) is 17. The lowest BCUT2D eigenvalue weighted by Gasteiger charge is -2.28. The van der Waals surface area contributed by atoms with E-state index in [1.54, 1.807) is 31.3 Å². The molecule has 1 aromatic heterocycles. The number of H-pyrrole nitrogens is 1. The molecule has 1 heterocycles. The van der Waals surface area contributed by atoms with Gasteiger partial charge in [0.05, 0.1) is 6.42 Å². The van der Waals surface area contributed by atoms with Crippen LogP contribution < -0.4 is 105 Å². The van der Waals surface area contributed by atoms with Crippen LogP contribution in [0.4, 0.5) is 0 Å². The summed E-state index contributed by atoms with van der Waals surface area (Å²) in [5, 5.41) is 24.7. The standard InChI is InChI=1S/C66H108N22O12/c1-3-4-21-45(58(94)83-47(25-12-15-32-69)61(97)87-51(36-41-38-79-43-22-9-8-20-42(41)43)63(99)85-46(24-11-14-31-68)57(93)80-44(55(72)91)23-10-13-30-67)82-59(95)48(26-16-33-77-65(73)74)84-60(96)49(27-17-34-78-66(75)76)86-64(100)52(37-54(71)90)88-62(98)50(28-29-53(70)89)81-56(92)39(2)35-40-18-6-5-7-19-40/h5-9,18-20,22,38-39,44-52,79H,3-4,10-17,21,23-37,67-69H2,1-2H3,(H2,70,89)(H2,71,90)(H2,72,91)(H,80,93)(H,81,92)(H,82,95)(H,83,94)(H,84,96)(H,85,99)(H,86,100)(H,87,97)(H,88,98)(H4,73,74,77)(H4,75,76,78). The molecule has 0 aliphatic heterocycles. The maximum absolute atomic E-state index is 14.9. The van der Waals surface area contributed by atoms with Gasteiger partial charge in [-0.15, -0.1) is 0 Å². The summed E-state index contributed by atoms with van der Waals surface area (Å²) in [7, 11) is 0. The molecule has 0 saturated heterocycles. The van der Waals surface area contributed by atoms with Crippen LogP contribution in [0.15, 0.2) is 70.8 Å². The second-order valence-corrected chi connectivity index (χ2v) is 24.7. The number of nitrogens with one attached hydrogen (secondary N) is 10. The molecular weight excluding hydrogens is 1290 g/mol. The van der Waals surface area contributed by atoms with Gasteiger partial charge < -0.3 is 110 Å². The van der Waals surface area contributed by atoms with Crippen molar-refractivity contribution in [1.29, 1.82) is 0 Å². The number of benzene rings is 2. The lowest BCUT2D eigenvalue weighted by molar-refractivity contribution is -0.136. The predicted octanol–water partition coefficient (Wildman–Crippen LogP) is -3.74. The molecule has 554 valence electrons. The molecule has 0 bridgehead atoms. The van der Waals surface area contributed by atoms with Gasteiger partial charge in [-0.05, 0) is 140 Å². The van der Waals surface area contributed by atoms with Crippen LogP contribution >= 0.6 is 0 Å². The third kappa shape index (κ3) is 32.1. The molecule has 0 fully saturated rings. The van der Waals surface area contributed by atoms with Gasteiger partial charge >= 0.3 is 0 Å². The monoisotopic (exact) mass is 1400 g/mol. The number of amides is 12. The number of aliphatic imine (C=N–C) groups is 2. The van der Waals surface area contributed by atoms with Crippen molar-refractivity contribution in [1.82, 2.24) is 52.8 Å². The van der Waals surface area contributed by atoms with E-state index in [-0.39, 0.29) is 115 Å². The van der Waals surface area contributed by atoms with E-state index in [0.717, 1.165) is 16.5 Å². The normalized spacial score (nSPS) is 14.1. The summed E-state index contributed by atoms with van der Waals surface area (Å²) in [4.78, 5) is 178. The molecule has 0 radical (unpaired) electrons. The topological polar surface area (TPSA) is 614 Å². The fourth-order valence-electron chi connectivity index (χ4n) is 10.8. The van der Waals surface area contributed by atoms with Crippen LogP contribution in [0.5, 0.6) is 0 Å². The Balaban J connectivity index is 2.03. The van der Waals surface area contributed by atoms with E-state index in [4.69, 9.17) is 57.3 Å². The molecule has 0 spiro atoms. The highest BCUT2D eigenvalue weighted by Gasteiger charge is 2.36. The Kier molecular flexibility index (Phi) is 39.0. The number of guanidine groups is 2. The number of nitrogens with zero attached hydrogens (tertiary/aromatic N) is 2. The largest absolute Gasteiger partial charge is 0.370 e. The van der Waals surface area contributed by atoms with Gasteiger partial charge in [-0.3, -0.25) is 67.5 Å². The SMILES string of the molecule is CCCCC(NC(=O)C(CCCN=C(N)N)NC(=O)C(CCCN=C(N)N)NC(=O)C(CC(N)=O)NC(=O)C(CCC(N)=O)NC(=O)C(C)Cc1ccccc1)C(=O)NC(CCCCN)C(=O)NC(Cc1c[nH]c2ccccc12)C(=O)NC(CCCCN)C(=O)NC(CCCCN)C(N)=O. The van der Waals surface area contributed by atoms with Gasteiger partial charge in [0, 0.05) is 48.9 Å². The van der Waals surface area contributed by atoms with Gasteiger partial charge in [-0.1, -0.05) is 75.2 Å². The Morgan fingerprint density at radius 2 is 0.770 bits per heavy atom. The van der Waals surface area contributed by atoms with E-state index in [1.165, 1.54) is 0 Å². The molecular formula is C66H108N22O12. The first-order chi connectivity index (χ1) is 47.7. The van der Waals surface area contributed by atoms with Crippen molar-refractivity contribution >= 4 is 93.7 Å². The quantitative estimate of drug-likeness (QED) is 0.0147. The number of rotatable bonds is 51. The minimum Gasteiger partial charge on any atom is -0.370 e. The maximum Gasteiger partial charge on any atom is 0.243 e. The average molecular weight is 1400 g/mol. The number of primary amides is 3. The average Bonchev–Trinajstić information content (AvgIpc) is 1.62. The molecule has 0 aliphatic carbocycles. The number of aromatic nitrogens is 1. The van der Waals surface area contributed by atoms with Crippen molar-refractivity contribution in [3.8, 4) is 0 Å². The first-order valence-electron chi connectivity index (χ1n) is 34.1. The second-order valence-electron chi connectivity index (χ2n) is 24.7. The van der Waals surface area contributed by atoms with Gasteiger partial charge in [0.1, 0.15) is 54.4 Å². The van der Waals surface area contributed by atoms with Crippen molar-refractivity contribution in [2.24, 2.45) is 73.2 Å². The maximum atomic E-state index is 14.9. The molecule has 100 heavy (non-hydrogen) atoms. The van der Waals surface area contributed by atoms with Crippen LogP contribution in [0.2, 0.25) is 0 Å². The zero-order valence-corrected chi connectivity index (χ0v) is 57.5. The van der Waals surface area contributed by atoms with E-state index in [0.29, 0.717) is 63.5 Å². The number of fused-ring (bicyclic) bond motifs is 1. The summed E-state index contributed by atoms with van der Waals surface area (Å²) >= 11 is 0. The predicted molar refractivity (Wildman–Crippen MR) is 378 cm³/mol. The molecule has 3 rings (SSSR count). The molecule has 34 nitrogen and oxygen atoms in total. The number of hydrogen-bond donors (Lipinski definition) is 20. The summed E-state index contributed by atoms with van der Waals surface area (Å²) in [6.07, 6.45) is 3.92. The van der Waals surface area contributed by atoms with Crippen molar-refractivity contribution in [2.45, 2.75) is 203 Å². The van der Waals surface area contributed by atoms with Crippen LogP contribution in [0.3, 0.4) is 0 Å². The molecule has 10 atom stereocenters. The first kappa shape index (κ1) is 84.3. The first-order valence-corrected chi connectivity index (χ1v) is 34.1. The molecule has 10 unspecified atom stereocenters. The summed E-state index contributed by atoms with van der Waals surface area (Å²) in [6, 6.07) is 3.60. The van der Waals surface area contributed by atoms with Crippen molar-refractivity contribution in [3.05, 3.63) is 71.9 Å². The van der Waals surface area contributed by atoms with Gasteiger partial charge in [0.15, 0.2) is 11.9 Å². The van der Waals surface area contributed by atoms with Crippen LogP contribution in [-0.2, 0) is 70.4 Å². The third-order valence-corrected chi connectivity index (χ3v) is 16.3. The van der Waals surface area contributed by atoms with E-state index < -0.39 is 138 Å². The lowest BCUT2D eigenvalue weighted by atomic mass is 9.99. The number of aromatic amines is 1. The summed E-state index contributed by atoms with van der Waals surface area (Å²) in [5.41, 5.74) is 58.6. The number of unbranched alkanes of at least 4 members (excludes halogenated alkanes) is 4. The summed E-state index contributed by atoms with van der Waals surface area (Å²) in [6.45, 7) is 4.23. The lowest BCUT2D eigenvalue weighted by Crippen LogP contribution is -2.61. The molecule has 3 aromatic rings. The molecule has 34 heteroatoms. The fourth-order valence-corrected chi connectivity index (χ4v) is 10.8. The smallest absolute Gasteiger partial charge is 0.243 e. The van der Waals surface area contributed by atoms with Crippen LogP contribution in [0.1, 0.15) is 147 Å². The van der Waals surface area contributed by atoms with Crippen LogP contribution in [-0.4, -0.2) is 175 Å². The molecule has 12 amide bonds. The molecule has 0 saturated carbocycles. The van der Waals surface area contributed by atoms with Gasteiger partial charge in [-0.2, -0.15) is 0 Å². The van der Waals surface area contributed by atoms with E-state index in [9.17, 15) is 57.5 Å².